The van der Waals surface area contributed by atoms with Gasteiger partial charge in [-0.2, -0.15) is 0 Å². The first-order valence-corrected chi connectivity index (χ1v) is 6.12. The van der Waals surface area contributed by atoms with Crippen LogP contribution in [0.25, 0.3) is 0 Å². The zero-order valence-electron chi connectivity index (χ0n) is 9.24. The Bertz CT molecular complexity index is 258. The zero-order chi connectivity index (χ0) is 10.1. The van der Waals surface area contributed by atoms with E-state index in [1.54, 1.807) is 5.57 Å². The Hall–Kier alpha value is -0.380. The molecular formula is C12H20N2O. The van der Waals surface area contributed by atoms with Crippen LogP contribution in [0.15, 0.2) is 11.6 Å². The third kappa shape index (κ3) is 2.10. The largest absolute Gasteiger partial charge is 0.379 e. The van der Waals surface area contributed by atoms with Crippen molar-refractivity contribution < 1.29 is 4.74 Å². The van der Waals surface area contributed by atoms with Crippen molar-refractivity contribution in [3.8, 4) is 0 Å². The molecule has 0 radical (unpaired) electrons. The molecule has 0 unspecified atom stereocenters. The Morgan fingerprint density at radius 2 is 2.20 bits per heavy atom. The molecule has 2 saturated heterocycles. The molecule has 2 aliphatic heterocycles. The fraction of sp³-hybridized carbons (Fsp3) is 0.833. The highest BCUT2D eigenvalue weighted by molar-refractivity contribution is 5.18. The Morgan fingerprint density at radius 3 is 3.00 bits per heavy atom. The van der Waals surface area contributed by atoms with E-state index in [9.17, 15) is 0 Å². The Kier molecular flexibility index (Phi) is 2.77. The molecule has 2 atom stereocenters. The lowest BCUT2D eigenvalue weighted by Crippen LogP contribution is -2.37. The molecule has 0 spiro atoms. The molecule has 0 bridgehead atoms. The summed E-state index contributed by atoms with van der Waals surface area (Å²) >= 11 is 0. The highest BCUT2D eigenvalue weighted by Crippen LogP contribution is 2.33. The number of nitrogens with zero attached hydrogens (tertiary/aromatic N) is 1. The Balaban J connectivity index is 1.55. The van der Waals surface area contributed by atoms with Gasteiger partial charge in [-0.15, -0.1) is 0 Å². The van der Waals surface area contributed by atoms with Crippen molar-refractivity contribution in [2.45, 2.75) is 6.42 Å². The van der Waals surface area contributed by atoms with Crippen LogP contribution in [0.4, 0.5) is 0 Å². The highest BCUT2D eigenvalue weighted by Gasteiger charge is 2.31. The minimum absolute atomic E-state index is 0.834. The summed E-state index contributed by atoms with van der Waals surface area (Å²) in [7, 11) is 0. The molecule has 0 aromatic carbocycles. The molecule has 1 aliphatic carbocycles. The lowest BCUT2D eigenvalue weighted by molar-refractivity contribution is 0.0419. The van der Waals surface area contributed by atoms with Gasteiger partial charge >= 0.3 is 0 Å². The van der Waals surface area contributed by atoms with Crippen LogP contribution >= 0.6 is 0 Å². The summed E-state index contributed by atoms with van der Waals surface area (Å²) < 4.78 is 5.37. The van der Waals surface area contributed by atoms with Crippen LogP contribution < -0.4 is 5.32 Å². The van der Waals surface area contributed by atoms with Crippen LogP contribution in [0.2, 0.25) is 0 Å². The second-order valence-corrected chi connectivity index (χ2v) is 5.00. The number of fused-ring (bicyclic) bond motifs is 1. The van der Waals surface area contributed by atoms with E-state index in [2.05, 4.69) is 16.3 Å². The minimum Gasteiger partial charge on any atom is -0.379 e. The van der Waals surface area contributed by atoms with Crippen LogP contribution in [0.3, 0.4) is 0 Å². The average molecular weight is 208 g/mol. The first kappa shape index (κ1) is 9.82. The van der Waals surface area contributed by atoms with Crippen LogP contribution in [0.5, 0.6) is 0 Å². The first-order valence-electron chi connectivity index (χ1n) is 6.12. The van der Waals surface area contributed by atoms with Crippen molar-refractivity contribution in [2.75, 3.05) is 45.9 Å². The third-order valence-electron chi connectivity index (χ3n) is 3.90. The van der Waals surface area contributed by atoms with E-state index in [0.29, 0.717) is 0 Å². The molecular weight excluding hydrogens is 188 g/mol. The molecule has 2 fully saturated rings. The van der Waals surface area contributed by atoms with Gasteiger partial charge in [-0.3, -0.25) is 4.90 Å². The summed E-state index contributed by atoms with van der Waals surface area (Å²) in [6, 6.07) is 0. The highest BCUT2D eigenvalue weighted by atomic mass is 16.5. The fourth-order valence-corrected chi connectivity index (χ4v) is 3.04. The average Bonchev–Trinajstić information content (AvgIpc) is 2.79. The molecule has 0 aromatic rings. The van der Waals surface area contributed by atoms with Crippen molar-refractivity contribution in [3.05, 3.63) is 11.6 Å². The number of rotatable bonds is 2. The summed E-state index contributed by atoms with van der Waals surface area (Å²) in [4.78, 5) is 2.53. The summed E-state index contributed by atoms with van der Waals surface area (Å²) in [5.41, 5.74) is 1.67. The van der Waals surface area contributed by atoms with E-state index in [0.717, 1.165) is 38.1 Å². The topological polar surface area (TPSA) is 24.5 Å². The van der Waals surface area contributed by atoms with E-state index >= 15 is 0 Å². The SMILES string of the molecule is C1=C(CN2CCOCC2)C[C@H]2CNC[C@@H]12. The van der Waals surface area contributed by atoms with Crippen LogP contribution in [-0.4, -0.2) is 50.8 Å². The second-order valence-electron chi connectivity index (χ2n) is 5.00. The normalized spacial score (nSPS) is 36.7. The van der Waals surface area contributed by atoms with Crippen molar-refractivity contribution in [1.82, 2.24) is 10.2 Å². The standard InChI is InChI=1S/C12H20N2O/c1-3-15-4-2-14(1)9-10-5-11-7-13-8-12(11)6-10/h5,11-13H,1-4,6-9H2/t11-,12+/m1/s1. The van der Waals surface area contributed by atoms with Gasteiger partial charge < -0.3 is 10.1 Å². The maximum absolute atomic E-state index is 5.37. The Labute approximate surface area is 91.5 Å². The van der Waals surface area contributed by atoms with Gasteiger partial charge in [0.2, 0.25) is 0 Å². The molecule has 2 heterocycles. The summed E-state index contributed by atoms with van der Waals surface area (Å²) in [5, 5.41) is 3.47. The quantitative estimate of drug-likeness (QED) is 0.668. The van der Waals surface area contributed by atoms with E-state index < -0.39 is 0 Å². The second kappa shape index (κ2) is 4.24. The van der Waals surface area contributed by atoms with E-state index in [4.69, 9.17) is 4.74 Å². The van der Waals surface area contributed by atoms with Gasteiger partial charge in [-0.25, -0.2) is 0 Å². The Morgan fingerprint density at radius 1 is 1.33 bits per heavy atom. The van der Waals surface area contributed by atoms with Crippen LogP contribution in [0, 0.1) is 11.8 Å². The summed E-state index contributed by atoms with van der Waals surface area (Å²) in [6.45, 7) is 7.70. The van der Waals surface area contributed by atoms with Crippen LogP contribution in [0.1, 0.15) is 6.42 Å². The van der Waals surface area contributed by atoms with Crippen molar-refractivity contribution in [1.29, 1.82) is 0 Å². The minimum atomic E-state index is 0.834. The molecule has 3 nitrogen and oxygen atoms in total. The van der Waals surface area contributed by atoms with Gasteiger partial charge in [0.1, 0.15) is 0 Å². The molecule has 1 N–H and O–H groups in total. The van der Waals surface area contributed by atoms with E-state index in [1.165, 1.54) is 26.1 Å². The smallest absolute Gasteiger partial charge is 0.0594 e. The van der Waals surface area contributed by atoms with E-state index in [1.807, 2.05) is 0 Å². The number of morpholine rings is 1. The molecule has 3 heteroatoms. The maximum Gasteiger partial charge on any atom is 0.0594 e. The lowest BCUT2D eigenvalue weighted by atomic mass is 10.00. The maximum atomic E-state index is 5.37. The molecule has 0 aromatic heterocycles. The molecule has 0 saturated carbocycles. The van der Waals surface area contributed by atoms with Gasteiger partial charge in [-0.1, -0.05) is 11.6 Å². The van der Waals surface area contributed by atoms with Crippen molar-refractivity contribution in [3.63, 3.8) is 0 Å². The van der Waals surface area contributed by atoms with Gasteiger partial charge in [0.05, 0.1) is 13.2 Å². The lowest BCUT2D eigenvalue weighted by Gasteiger charge is -2.27. The number of nitrogens with one attached hydrogen (secondary N) is 1. The van der Waals surface area contributed by atoms with Gasteiger partial charge in [0.15, 0.2) is 0 Å². The first-order chi connectivity index (χ1) is 7.42. The summed E-state index contributed by atoms with van der Waals surface area (Å²) in [6.07, 6.45) is 3.86. The molecule has 15 heavy (non-hydrogen) atoms. The number of hydrogen-bond donors (Lipinski definition) is 1. The summed E-state index contributed by atoms with van der Waals surface area (Å²) in [5.74, 6) is 1.74. The fourth-order valence-electron chi connectivity index (χ4n) is 3.04. The molecule has 84 valence electrons. The third-order valence-corrected chi connectivity index (χ3v) is 3.90. The van der Waals surface area contributed by atoms with Gasteiger partial charge in [-0.05, 0) is 24.8 Å². The molecule has 3 aliphatic rings. The molecule has 3 rings (SSSR count). The zero-order valence-corrected chi connectivity index (χ0v) is 9.24. The van der Waals surface area contributed by atoms with Crippen molar-refractivity contribution in [2.24, 2.45) is 11.8 Å². The van der Waals surface area contributed by atoms with Crippen molar-refractivity contribution >= 4 is 0 Å². The number of ether oxygens (including phenoxy) is 1. The monoisotopic (exact) mass is 208 g/mol. The predicted octanol–water partition coefficient (Wildman–Crippen LogP) is 0.484. The van der Waals surface area contributed by atoms with E-state index in [-0.39, 0.29) is 0 Å². The van der Waals surface area contributed by atoms with Gasteiger partial charge in [0, 0.05) is 26.2 Å². The number of hydrogen-bond acceptors (Lipinski definition) is 3. The predicted molar refractivity (Wildman–Crippen MR) is 59.8 cm³/mol. The van der Waals surface area contributed by atoms with Gasteiger partial charge in [0.25, 0.3) is 0 Å². The molecule has 0 amide bonds. The van der Waals surface area contributed by atoms with Crippen LogP contribution in [-0.2, 0) is 4.74 Å².